The van der Waals surface area contributed by atoms with Gasteiger partial charge in [0, 0.05) is 23.0 Å². The maximum absolute atomic E-state index is 13.5. The van der Waals surface area contributed by atoms with Crippen molar-refractivity contribution in [2.45, 2.75) is 25.7 Å². The van der Waals surface area contributed by atoms with Gasteiger partial charge in [-0.15, -0.1) is 11.6 Å². The summed E-state index contributed by atoms with van der Waals surface area (Å²) in [4.78, 5) is 11.8. The standard InChI is InChI=1S/C14H16Cl2FNO/c15-7-6-14(4-5-14)9-18-13(19)8-10-11(16)2-1-3-12(10)17/h1-3H,4-9H2,(H,18,19). The summed E-state index contributed by atoms with van der Waals surface area (Å²) in [5.41, 5.74) is 0.431. The monoisotopic (exact) mass is 303 g/mol. The highest BCUT2D eigenvalue weighted by molar-refractivity contribution is 6.31. The molecule has 1 aliphatic carbocycles. The highest BCUT2D eigenvalue weighted by Crippen LogP contribution is 2.48. The van der Waals surface area contributed by atoms with E-state index in [9.17, 15) is 9.18 Å². The molecule has 1 saturated carbocycles. The Hall–Kier alpha value is -0.800. The normalized spacial score (nSPS) is 16.2. The number of carbonyl (C=O) groups excluding carboxylic acids is 1. The van der Waals surface area contributed by atoms with Crippen LogP contribution >= 0.6 is 23.2 Å². The van der Waals surface area contributed by atoms with Gasteiger partial charge in [0.25, 0.3) is 0 Å². The van der Waals surface area contributed by atoms with Gasteiger partial charge in [-0.1, -0.05) is 17.7 Å². The van der Waals surface area contributed by atoms with Crippen molar-refractivity contribution in [1.82, 2.24) is 5.32 Å². The highest BCUT2D eigenvalue weighted by Gasteiger charge is 2.41. The van der Waals surface area contributed by atoms with Crippen LogP contribution in [0.15, 0.2) is 18.2 Å². The van der Waals surface area contributed by atoms with E-state index in [2.05, 4.69) is 5.32 Å². The van der Waals surface area contributed by atoms with Crippen LogP contribution in [-0.4, -0.2) is 18.3 Å². The number of carbonyl (C=O) groups is 1. The summed E-state index contributed by atoms with van der Waals surface area (Å²) in [5, 5.41) is 3.14. The predicted octanol–water partition coefficient (Wildman–Crippen LogP) is 3.55. The van der Waals surface area contributed by atoms with Crippen molar-refractivity contribution < 1.29 is 9.18 Å². The van der Waals surface area contributed by atoms with E-state index in [4.69, 9.17) is 23.2 Å². The first-order chi connectivity index (χ1) is 9.06. The van der Waals surface area contributed by atoms with Crippen molar-refractivity contribution in [1.29, 1.82) is 0 Å². The Balaban J connectivity index is 1.88. The van der Waals surface area contributed by atoms with Crippen LogP contribution in [0.3, 0.4) is 0 Å². The second-order valence-electron chi connectivity index (χ2n) is 5.09. The van der Waals surface area contributed by atoms with E-state index in [1.165, 1.54) is 12.1 Å². The zero-order valence-corrected chi connectivity index (χ0v) is 12.0. The van der Waals surface area contributed by atoms with Gasteiger partial charge in [0.05, 0.1) is 6.42 Å². The Kier molecular flexibility index (Phi) is 4.69. The van der Waals surface area contributed by atoms with Gasteiger partial charge >= 0.3 is 0 Å². The number of benzene rings is 1. The van der Waals surface area contributed by atoms with Gasteiger partial charge in [-0.05, 0) is 36.8 Å². The molecule has 1 fully saturated rings. The van der Waals surface area contributed by atoms with Gasteiger partial charge < -0.3 is 5.32 Å². The zero-order valence-electron chi connectivity index (χ0n) is 10.5. The average molecular weight is 304 g/mol. The Morgan fingerprint density at radius 3 is 2.74 bits per heavy atom. The molecule has 0 heterocycles. The summed E-state index contributed by atoms with van der Waals surface area (Å²) in [7, 11) is 0. The number of hydrogen-bond donors (Lipinski definition) is 1. The predicted molar refractivity (Wildman–Crippen MR) is 75.1 cm³/mol. The zero-order chi connectivity index (χ0) is 13.9. The first-order valence-corrected chi connectivity index (χ1v) is 7.23. The summed E-state index contributed by atoms with van der Waals surface area (Å²) in [6.45, 7) is 0.616. The highest BCUT2D eigenvalue weighted by atomic mass is 35.5. The molecule has 0 bridgehead atoms. The number of nitrogens with one attached hydrogen (secondary N) is 1. The molecule has 0 saturated heterocycles. The largest absolute Gasteiger partial charge is 0.355 e. The lowest BCUT2D eigenvalue weighted by Crippen LogP contribution is -2.31. The van der Waals surface area contributed by atoms with Crippen molar-refractivity contribution >= 4 is 29.1 Å². The SMILES string of the molecule is O=C(Cc1c(F)cccc1Cl)NCC1(CCCl)CC1. The molecule has 0 atom stereocenters. The van der Waals surface area contributed by atoms with E-state index in [1.807, 2.05) is 0 Å². The molecule has 1 aromatic rings. The average Bonchev–Trinajstić information content (AvgIpc) is 3.13. The molecule has 0 aliphatic heterocycles. The van der Waals surface area contributed by atoms with Gasteiger partial charge in [0.2, 0.25) is 5.91 Å². The van der Waals surface area contributed by atoms with Crippen LogP contribution in [0.25, 0.3) is 0 Å². The molecular weight excluding hydrogens is 288 g/mol. The van der Waals surface area contributed by atoms with Gasteiger partial charge in [-0.2, -0.15) is 0 Å². The van der Waals surface area contributed by atoms with Gasteiger partial charge in [-0.25, -0.2) is 4.39 Å². The van der Waals surface area contributed by atoms with Crippen LogP contribution in [0.5, 0.6) is 0 Å². The lowest BCUT2D eigenvalue weighted by Gasteiger charge is -2.14. The Morgan fingerprint density at radius 2 is 2.16 bits per heavy atom. The lowest BCUT2D eigenvalue weighted by molar-refractivity contribution is -0.120. The van der Waals surface area contributed by atoms with Crippen molar-refractivity contribution in [2.24, 2.45) is 5.41 Å². The van der Waals surface area contributed by atoms with Crippen molar-refractivity contribution in [3.8, 4) is 0 Å². The Morgan fingerprint density at radius 1 is 1.42 bits per heavy atom. The Bertz CT molecular complexity index is 454. The van der Waals surface area contributed by atoms with Crippen LogP contribution in [0, 0.1) is 11.2 Å². The topological polar surface area (TPSA) is 29.1 Å². The molecule has 1 N–H and O–H groups in total. The van der Waals surface area contributed by atoms with Crippen molar-refractivity contribution in [2.75, 3.05) is 12.4 Å². The molecular formula is C14H16Cl2FNO. The molecule has 19 heavy (non-hydrogen) atoms. The van der Waals surface area contributed by atoms with Crippen LogP contribution in [0.4, 0.5) is 4.39 Å². The molecule has 1 aromatic carbocycles. The maximum Gasteiger partial charge on any atom is 0.224 e. The minimum atomic E-state index is -0.440. The lowest BCUT2D eigenvalue weighted by atomic mass is 10.0. The second-order valence-corrected chi connectivity index (χ2v) is 5.88. The number of amides is 1. The first-order valence-electron chi connectivity index (χ1n) is 6.32. The molecule has 104 valence electrons. The molecule has 0 aromatic heterocycles. The van der Waals surface area contributed by atoms with Gasteiger partial charge in [0.15, 0.2) is 0 Å². The maximum atomic E-state index is 13.5. The van der Waals surface area contributed by atoms with Gasteiger partial charge in [0.1, 0.15) is 5.82 Å². The molecule has 0 unspecified atom stereocenters. The molecule has 0 spiro atoms. The number of alkyl halides is 1. The molecule has 1 amide bonds. The summed E-state index contributed by atoms with van der Waals surface area (Å²) in [6, 6.07) is 4.42. The minimum Gasteiger partial charge on any atom is -0.355 e. The third-order valence-corrected chi connectivity index (χ3v) is 4.18. The second kappa shape index (κ2) is 6.10. The summed E-state index contributed by atoms with van der Waals surface area (Å²) < 4.78 is 13.5. The third-order valence-electron chi connectivity index (χ3n) is 3.64. The molecule has 0 radical (unpaired) electrons. The molecule has 1 aliphatic rings. The smallest absolute Gasteiger partial charge is 0.224 e. The summed E-state index contributed by atoms with van der Waals surface area (Å²) >= 11 is 11.6. The third kappa shape index (κ3) is 3.83. The van der Waals surface area contributed by atoms with Crippen LogP contribution in [0.1, 0.15) is 24.8 Å². The Labute approximate surface area is 122 Å². The van der Waals surface area contributed by atoms with E-state index in [0.717, 1.165) is 19.3 Å². The quantitative estimate of drug-likeness (QED) is 0.800. The van der Waals surface area contributed by atoms with E-state index in [-0.39, 0.29) is 28.3 Å². The van der Waals surface area contributed by atoms with E-state index < -0.39 is 5.82 Å². The fraction of sp³-hybridized carbons (Fsp3) is 0.500. The summed E-state index contributed by atoms with van der Waals surface area (Å²) in [5.74, 6) is -0.0351. The molecule has 5 heteroatoms. The van der Waals surface area contributed by atoms with Crippen molar-refractivity contribution in [3.63, 3.8) is 0 Å². The fourth-order valence-corrected chi connectivity index (χ4v) is 2.73. The first kappa shape index (κ1) is 14.6. The van der Waals surface area contributed by atoms with Crippen LogP contribution in [0.2, 0.25) is 5.02 Å². The fourth-order valence-electron chi connectivity index (χ4n) is 2.10. The minimum absolute atomic E-state index is 0.0253. The van der Waals surface area contributed by atoms with Gasteiger partial charge in [-0.3, -0.25) is 4.79 Å². The van der Waals surface area contributed by atoms with E-state index >= 15 is 0 Å². The van der Waals surface area contributed by atoms with E-state index in [1.54, 1.807) is 6.07 Å². The van der Waals surface area contributed by atoms with Crippen LogP contribution < -0.4 is 5.32 Å². The number of hydrogen-bond acceptors (Lipinski definition) is 1. The number of rotatable bonds is 6. The van der Waals surface area contributed by atoms with Crippen LogP contribution in [-0.2, 0) is 11.2 Å². The summed E-state index contributed by atoms with van der Waals surface area (Å²) in [6.07, 6.45) is 3.08. The molecule has 2 rings (SSSR count). The number of halogens is 3. The molecule has 2 nitrogen and oxygen atoms in total. The van der Waals surface area contributed by atoms with E-state index in [0.29, 0.717) is 12.4 Å². The van der Waals surface area contributed by atoms with Crippen molar-refractivity contribution in [3.05, 3.63) is 34.6 Å².